The monoisotopic (exact) mass is 651 g/mol. The molecule has 258 valence electrons. The van der Waals surface area contributed by atoms with Crippen LogP contribution in [0.2, 0.25) is 0 Å². The van der Waals surface area contributed by atoms with Gasteiger partial charge in [0.15, 0.2) is 0 Å². The molecule has 0 spiro atoms. The molecule has 2 aromatic carbocycles. The fourth-order valence-corrected chi connectivity index (χ4v) is 4.91. The molecule has 0 bridgehead atoms. The second kappa shape index (κ2) is 18.2. The van der Waals surface area contributed by atoms with Crippen molar-refractivity contribution in [2.24, 2.45) is 0 Å². The Balaban J connectivity index is 2.61. The van der Waals surface area contributed by atoms with E-state index in [1.165, 1.54) is 4.90 Å². The highest BCUT2D eigenvalue weighted by molar-refractivity contribution is 5.94. The number of unbranched alkanes of at least 4 members (excludes halogenated alkanes) is 3. The van der Waals surface area contributed by atoms with E-state index in [-0.39, 0.29) is 13.0 Å². The van der Waals surface area contributed by atoms with E-state index >= 15 is 0 Å². The lowest BCUT2D eigenvalue weighted by molar-refractivity contribution is -0.159. The van der Waals surface area contributed by atoms with Crippen molar-refractivity contribution in [1.82, 2.24) is 15.5 Å². The molecule has 0 saturated heterocycles. The molecule has 2 rings (SSSR count). The number of carbonyl (C=O) groups is 4. The summed E-state index contributed by atoms with van der Waals surface area (Å²) < 4.78 is 11.0. The highest BCUT2D eigenvalue weighted by Crippen LogP contribution is 2.26. The number of carbonyl (C=O) groups excluding carboxylic acids is 4. The number of nitrogens with one attached hydrogen (secondary N) is 2. The van der Waals surface area contributed by atoms with Gasteiger partial charge < -0.3 is 30.1 Å². The van der Waals surface area contributed by atoms with Crippen LogP contribution in [-0.2, 0) is 30.3 Å². The molecule has 10 nitrogen and oxygen atoms in total. The third-order valence-corrected chi connectivity index (χ3v) is 7.02. The van der Waals surface area contributed by atoms with Crippen molar-refractivity contribution in [2.45, 2.75) is 110 Å². The number of hydrogen-bond donors (Lipinski definition) is 3. The summed E-state index contributed by atoms with van der Waals surface area (Å²) in [6.07, 6.45) is 4.14. The summed E-state index contributed by atoms with van der Waals surface area (Å²) in [5.41, 5.74) is 0.355. The second-order valence-corrected chi connectivity index (χ2v) is 13.5. The fourth-order valence-electron chi connectivity index (χ4n) is 4.91. The van der Waals surface area contributed by atoms with Crippen LogP contribution in [0.4, 0.5) is 4.79 Å². The number of rotatable bonds is 16. The Morgan fingerprint density at radius 1 is 0.872 bits per heavy atom. The Bertz CT molecular complexity index is 1330. The van der Waals surface area contributed by atoms with E-state index in [0.717, 1.165) is 30.4 Å². The molecule has 0 heterocycles. The maximum atomic E-state index is 14.5. The van der Waals surface area contributed by atoms with Gasteiger partial charge in [-0.15, -0.1) is 0 Å². The maximum absolute atomic E-state index is 14.5. The van der Waals surface area contributed by atoms with Crippen LogP contribution in [0.25, 0.3) is 6.08 Å². The molecule has 3 N–H and O–H groups in total. The Labute approximate surface area is 279 Å². The molecule has 3 unspecified atom stereocenters. The second-order valence-electron chi connectivity index (χ2n) is 13.5. The summed E-state index contributed by atoms with van der Waals surface area (Å²) in [6.45, 7) is 15.6. The van der Waals surface area contributed by atoms with Crippen molar-refractivity contribution in [1.29, 1.82) is 0 Å². The third kappa shape index (κ3) is 13.6. The van der Waals surface area contributed by atoms with Crippen molar-refractivity contribution in [3.05, 3.63) is 77.9 Å². The van der Waals surface area contributed by atoms with Gasteiger partial charge in [-0.05, 0) is 70.7 Å². The lowest BCUT2D eigenvalue weighted by atomic mass is 9.98. The highest BCUT2D eigenvalue weighted by Gasteiger charge is 2.38. The fraction of sp³-hybridized carbons (Fsp3) is 0.514. The van der Waals surface area contributed by atoms with Crippen LogP contribution >= 0.6 is 0 Å². The number of amides is 3. The predicted octanol–water partition coefficient (Wildman–Crippen LogP) is 5.73. The van der Waals surface area contributed by atoms with Gasteiger partial charge in [-0.2, -0.15) is 0 Å². The van der Waals surface area contributed by atoms with Crippen LogP contribution in [0.1, 0.15) is 96.9 Å². The van der Waals surface area contributed by atoms with Gasteiger partial charge >= 0.3 is 12.1 Å². The number of alkyl carbamates (subject to hydrolysis) is 1. The quantitative estimate of drug-likeness (QED) is 0.156. The topological polar surface area (TPSA) is 134 Å². The summed E-state index contributed by atoms with van der Waals surface area (Å²) in [7, 11) is 0. The largest absolute Gasteiger partial charge is 0.458 e. The molecule has 47 heavy (non-hydrogen) atoms. The highest BCUT2D eigenvalue weighted by atomic mass is 16.6. The first-order valence-corrected chi connectivity index (χ1v) is 16.3. The molecule has 3 atom stereocenters. The Hall–Kier alpha value is -4.18. The molecule has 0 radical (unpaired) electrons. The SMILES string of the molecule is C=Cc1cccc(C(C(=O)NC(Cc2ccccc2)C(=O)OC(C)(C)C)N(CCCCCC)C(=O)C(CO)NC(=O)OC(C)(C)C)c1. The predicted molar refractivity (Wildman–Crippen MR) is 183 cm³/mol. The van der Waals surface area contributed by atoms with Crippen LogP contribution in [0.3, 0.4) is 0 Å². The van der Waals surface area contributed by atoms with Crippen molar-refractivity contribution < 1.29 is 33.8 Å². The summed E-state index contributed by atoms with van der Waals surface area (Å²) in [6, 6.07) is 12.6. The number of esters is 1. The average molecular weight is 652 g/mol. The zero-order valence-electron chi connectivity index (χ0n) is 29.0. The average Bonchev–Trinajstić information content (AvgIpc) is 2.99. The van der Waals surface area contributed by atoms with Crippen LogP contribution in [0, 0.1) is 0 Å². The van der Waals surface area contributed by atoms with Crippen LogP contribution in [0.15, 0.2) is 61.2 Å². The minimum atomic E-state index is -1.39. The molecule has 0 fully saturated rings. The van der Waals surface area contributed by atoms with Crippen molar-refractivity contribution in [2.75, 3.05) is 13.2 Å². The van der Waals surface area contributed by atoms with Gasteiger partial charge in [-0.1, -0.05) is 87.4 Å². The first-order chi connectivity index (χ1) is 22.1. The van der Waals surface area contributed by atoms with Crippen molar-refractivity contribution in [3.8, 4) is 0 Å². The minimum absolute atomic E-state index is 0.150. The van der Waals surface area contributed by atoms with E-state index < -0.39 is 59.8 Å². The van der Waals surface area contributed by atoms with E-state index in [0.29, 0.717) is 12.0 Å². The van der Waals surface area contributed by atoms with E-state index in [9.17, 15) is 24.3 Å². The molecule has 0 aromatic heterocycles. The van der Waals surface area contributed by atoms with Gasteiger partial charge in [0.05, 0.1) is 6.61 Å². The van der Waals surface area contributed by atoms with Crippen LogP contribution in [0.5, 0.6) is 0 Å². The van der Waals surface area contributed by atoms with Gasteiger partial charge in [-0.25, -0.2) is 9.59 Å². The standard InChI is InChI=1S/C37H53N3O7/c1-9-11-12-16-22-40(33(43)30(25-41)39-35(45)47-37(6,7)8)31(28-21-17-20-26(10-2)23-28)32(42)38-29(34(44)46-36(3,4)5)24-27-18-14-13-15-19-27/h10,13-15,17-21,23,29-31,41H,2,9,11-12,16,22,24-25H2,1,3-8H3,(H,38,42)(H,39,45). The molecule has 0 saturated carbocycles. The Morgan fingerprint density at radius 3 is 2.11 bits per heavy atom. The third-order valence-electron chi connectivity index (χ3n) is 7.02. The van der Waals surface area contributed by atoms with Crippen LogP contribution < -0.4 is 10.6 Å². The summed E-state index contributed by atoms with van der Waals surface area (Å²) in [4.78, 5) is 56.2. The molecule has 10 heteroatoms. The smallest absolute Gasteiger partial charge is 0.408 e. The zero-order valence-corrected chi connectivity index (χ0v) is 29.0. The van der Waals surface area contributed by atoms with Gasteiger partial charge in [-0.3, -0.25) is 9.59 Å². The first kappa shape index (κ1) is 39.0. The molecular formula is C37H53N3O7. The lowest BCUT2D eigenvalue weighted by Crippen LogP contribution is -2.56. The maximum Gasteiger partial charge on any atom is 0.408 e. The first-order valence-electron chi connectivity index (χ1n) is 16.3. The van der Waals surface area contributed by atoms with Gasteiger partial charge in [0.25, 0.3) is 0 Å². The van der Waals surface area contributed by atoms with Crippen molar-refractivity contribution in [3.63, 3.8) is 0 Å². The molecule has 2 aromatic rings. The number of benzene rings is 2. The Kier molecular flexibility index (Phi) is 15.1. The number of nitrogens with zero attached hydrogens (tertiary/aromatic N) is 1. The molecular weight excluding hydrogens is 598 g/mol. The summed E-state index contributed by atoms with van der Waals surface area (Å²) >= 11 is 0. The Morgan fingerprint density at radius 2 is 1.53 bits per heavy atom. The van der Waals surface area contributed by atoms with Gasteiger partial charge in [0.2, 0.25) is 11.8 Å². The lowest BCUT2D eigenvalue weighted by Gasteiger charge is -2.35. The molecule has 0 aliphatic carbocycles. The number of hydrogen-bond acceptors (Lipinski definition) is 7. The number of ether oxygens (including phenoxy) is 2. The number of aliphatic hydroxyl groups is 1. The van der Waals surface area contributed by atoms with Crippen molar-refractivity contribution >= 4 is 30.0 Å². The summed E-state index contributed by atoms with van der Waals surface area (Å²) in [5, 5.41) is 15.6. The normalized spacial score (nSPS) is 13.4. The van der Waals surface area contributed by atoms with Crippen LogP contribution in [-0.4, -0.2) is 70.3 Å². The van der Waals surface area contributed by atoms with E-state index in [1.807, 2.05) is 36.4 Å². The molecule has 0 aliphatic rings. The summed E-state index contributed by atoms with van der Waals surface area (Å²) in [5.74, 6) is -1.90. The molecule has 3 amide bonds. The van der Waals surface area contributed by atoms with E-state index in [2.05, 4.69) is 24.1 Å². The number of aliphatic hydroxyl groups excluding tert-OH is 1. The van der Waals surface area contributed by atoms with Gasteiger partial charge in [0, 0.05) is 13.0 Å². The van der Waals surface area contributed by atoms with E-state index in [1.54, 1.807) is 65.8 Å². The molecule has 0 aliphatic heterocycles. The van der Waals surface area contributed by atoms with Gasteiger partial charge in [0.1, 0.15) is 29.3 Å². The van der Waals surface area contributed by atoms with E-state index in [4.69, 9.17) is 9.47 Å². The minimum Gasteiger partial charge on any atom is -0.458 e. The zero-order chi connectivity index (χ0) is 35.2.